The molecule has 3 rings (SSSR count). The molecule has 0 spiro atoms. The minimum atomic E-state index is -1.26. The first-order valence-electron chi connectivity index (χ1n) is 9.16. The van der Waals surface area contributed by atoms with Crippen LogP contribution in [-0.4, -0.2) is 29.2 Å². The van der Waals surface area contributed by atoms with Gasteiger partial charge >= 0.3 is 11.9 Å². The summed E-state index contributed by atoms with van der Waals surface area (Å²) in [6.45, 7) is 0. The van der Waals surface area contributed by atoms with Crippen LogP contribution in [0.3, 0.4) is 0 Å². The van der Waals surface area contributed by atoms with Crippen molar-refractivity contribution in [3.63, 3.8) is 0 Å². The van der Waals surface area contributed by atoms with Crippen LogP contribution in [0.15, 0.2) is 48.6 Å². The summed E-state index contributed by atoms with van der Waals surface area (Å²) in [6, 6.07) is 13.7. The van der Waals surface area contributed by atoms with Crippen LogP contribution in [0.25, 0.3) is 0 Å². The number of benzene rings is 2. The molecular weight excluding hydrogens is 408 g/mol. The smallest absolute Gasteiger partial charge is 0.328 e. The van der Waals surface area contributed by atoms with E-state index in [-0.39, 0.29) is 0 Å². The van der Waals surface area contributed by atoms with Crippen molar-refractivity contribution in [3.05, 3.63) is 70.3 Å². The van der Waals surface area contributed by atoms with Gasteiger partial charge in [-0.3, -0.25) is 0 Å². The van der Waals surface area contributed by atoms with Crippen molar-refractivity contribution in [1.82, 2.24) is 5.32 Å². The SMILES string of the molecule is CNC1CCCc2c(Oc3cc(Cl)ccc3C#N)cccc21.O=C(O)C=CC(=O)O. The molecule has 1 aliphatic carbocycles. The molecule has 1 unspecified atom stereocenters. The van der Waals surface area contributed by atoms with Gasteiger partial charge in [-0.05, 0) is 55.6 Å². The molecule has 7 nitrogen and oxygen atoms in total. The molecule has 0 saturated heterocycles. The maximum absolute atomic E-state index is 9.55. The molecule has 2 aromatic rings. The number of hydrogen-bond donors (Lipinski definition) is 3. The van der Waals surface area contributed by atoms with E-state index < -0.39 is 11.9 Å². The number of carbonyl (C=O) groups is 2. The standard InChI is InChI=1S/C18H17ClN2O.C4H4O4/c1-21-16-6-2-5-15-14(16)4-3-7-17(15)22-18-10-13(19)9-8-12(18)11-20;5-3(6)1-2-4(7)8/h3-4,7-10,16,21H,2,5-6H2,1H3;1-2H,(H,5,6)(H,7,8). The predicted molar refractivity (Wildman–Crippen MR) is 112 cm³/mol. The Labute approximate surface area is 179 Å². The lowest BCUT2D eigenvalue weighted by Gasteiger charge is -2.26. The second-order valence-corrected chi connectivity index (χ2v) is 6.86. The number of fused-ring (bicyclic) bond motifs is 1. The Hall–Kier alpha value is -3.34. The van der Waals surface area contributed by atoms with Gasteiger partial charge in [-0.1, -0.05) is 23.7 Å². The summed E-state index contributed by atoms with van der Waals surface area (Å²) >= 11 is 6.03. The van der Waals surface area contributed by atoms with Crippen LogP contribution in [0.2, 0.25) is 5.02 Å². The maximum Gasteiger partial charge on any atom is 0.328 e. The van der Waals surface area contributed by atoms with E-state index in [1.54, 1.807) is 18.2 Å². The first-order chi connectivity index (χ1) is 14.3. The van der Waals surface area contributed by atoms with Gasteiger partial charge in [-0.2, -0.15) is 5.26 Å². The van der Waals surface area contributed by atoms with E-state index in [9.17, 15) is 14.9 Å². The third-order valence-corrected chi connectivity index (χ3v) is 4.70. The monoisotopic (exact) mass is 428 g/mol. The normalized spacial score (nSPS) is 14.8. The van der Waals surface area contributed by atoms with Crippen molar-refractivity contribution in [3.8, 4) is 17.6 Å². The van der Waals surface area contributed by atoms with E-state index in [0.717, 1.165) is 25.0 Å². The van der Waals surface area contributed by atoms with Crippen molar-refractivity contribution < 1.29 is 24.5 Å². The first kappa shape index (κ1) is 22.9. The zero-order chi connectivity index (χ0) is 22.1. The molecule has 156 valence electrons. The van der Waals surface area contributed by atoms with Crippen LogP contribution in [0.5, 0.6) is 11.5 Å². The van der Waals surface area contributed by atoms with Gasteiger partial charge in [0.2, 0.25) is 0 Å². The average molecular weight is 429 g/mol. The Balaban J connectivity index is 0.000000343. The Morgan fingerprint density at radius 2 is 1.90 bits per heavy atom. The molecular formula is C22H21ClN2O5. The van der Waals surface area contributed by atoms with Crippen LogP contribution < -0.4 is 10.1 Å². The molecule has 0 radical (unpaired) electrons. The third kappa shape index (κ3) is 6.34. The molecule has 8 heteroatoms. The molecule has 0 fully saturated rings. The highest BCUT2D eigenvalue weighted by Gasteiger charge is 2.22. The molecule has 0 amide bonds. The molecule has 0 saturated carbocycles. The Morgan fingerprint density at radius 1 is 1.20 bits per heavy atom. The number of nitrogens with one attached hydrogen (secondary N) is 1. The van der Waals surface area contributed by atoms with Gasteiger partial charge < -0.3 is 20.3 Å². The van der Waals surface area contributed by atoms with Gasteiger partial charge in [0.05, 0.1) is 5.56 Å². The van der Waals surface area contributed by atoms with Gasteiger partial charge in [0, 0.05) is 29.3 Å². The van der Waals surface area contributed by atoms with Crippen molar-refractivity contribution in [2.75, 3.05) is 7.05 Å². The highest BCUT2D eigenvalue weighted by molar-refractivity contribution is 6.30. The lowest BCUT2D eigenvalue weighted by Crippen LogP contribution is -2.21. The quantitative estimate of drug-likeness (QED) is 0.607. The fourth-order valence-corrected chi connectivity index (χ4v) is 3.31. The number of halogens is 1. The summed E-state index contributed by atoms with van der Waals surface area (Å²) in [5.41, 5.74) is 2.99. The van der Waals surface area contributed by atoms with Gasteiger partial charge in [0.25, 0.3) is 0 Å². The molecule has 0 bridgehead atoms. The van der Waals surface area contributed by atoms with Crippen LogP contribution in [0, 0.1) is 11.3 Å². The lowest BCUT2D eigenvalue weighted by atomic mass is 9.87. The zero-order valence-electron chi connectivity index (χ0n) is 16.3. The molecule has 1 aliphatic rings. The third-order valence-electron chi connectivity index (χ3n) is 4.47. The van der Waals surface area contributed by atoms with Crippen molar-refractivity contribution in [2.24, 2.45) is 0 Å². The minimum Gasteiger partial charge on any atom is -0.478 e. The summed E-state index contributed by atoms with van der Waals surface area (Å²) in [6.07, 6.45) is 4.36. The molecule has 0 aliphatic heterocycles. The second-order valence-electron chi connectivity index (χ2n) is 6.42. The van der Waals surface area contributed by atoms with Gasteiger partial charge in [0.15, 0.2) is 0 Å². The van der Waals surface area contributed by atoms with Crippen molar-refractivity contribution >= 4 is 23.5 Å². The first-order valence-corrected chi connectivity index (χ1v) is 9.54. The summed E-state index contributed by atoms with van der Waals surface area (Å²) < 4.78 is 6.04. The highest BCUT2D eigenvalue weighted by Crippen LogP contribution is 2.38. The van der Waals surface area contributed by atoms with Crippen LogP contribution in [-0.2, 0) is 16.0 Å². The molecule has 2 aromatic carbocycles. The number of nitrogens with zero attached hydrogens (tertiary/aromatic N) is 1. The summed E-state index contributed by atoms with van der Waals surface area (Å²) in [5.74, 6) is -1.19. The topological polar surface area (TPSA) is 120 Å². The second kappa shape index (κ2) is 11.0. The summed E-state index contributed by atoms with van der Waals surface area (Å²) in [5, 5.41) is 28.8. The fourth-order valence-electron chi connectivity index (χ4n) is 3.14. The largest absolute Gasteiger partial charge is 0.478 e. The van der Waals surface area contributed by atoms with Crippen molar-refractivity contribution in [2.45, 2.75) is 25.3 Å². The predicted octanol–water partition coefficient (Wildman–Crippen LogP) is 4.31. The van der Waals surface area contributed by atoms with Crippen molar-refractivity contribution in [1.29, 1.82) is 5.26 Å². The van der Waals surface area contributed by atoms with Gasteiger partial charge in [0.1, 0.15) is 17.6 Å². The van der Waals surface area contributed by atoms with Gasteiger partial charge in [-0.15, -0.1) is 0 Å². The van der Waals surface area contributed by atoms with E-state index in [0.29, 0.717) is 34.5 Å². The number of hydrogen-bond acceptors (Lipinski definition) is 5. The zero-order valence-corrected chi connectivity index (χ0v) is 17.0. The molecule has 1 atom stereocenters. The van der Waals surface area contributed by atoms with Crippen LogP contribution >= 0.6 is 11.6 Å². The van der Waals surface area contributed by atoms with E-state index in [1.807, 2.05) is 19.2 Å². The molecule has 30 heavy (non-hydrogen) atoms. The van der Waals surface area contributed by atoms with Crippen LogP contribution in [0.4, 0.5) is 0 Å². The minimum absolute atomic E-state index is 0.363. The van der Waals surface area contributed by atoms with E-state index in [2.05, 4.69) is 17.5 Å². The molecule has 3 N–H and O–H groups in total. The fraction of sp³-hybridized carbons (Fsp3) is 0.227. The Kier molecular flexibility index (Phi) is 8.41. The number of ether oxygens (including phenoxy) is 1. The maximum atomic E-state index is 9.55. The van der Waals surface area contributed by atoms with E-state index in [1.165, 1.54) is 11.1 Å². The average Bonchev–Trinajstić information content (AvgIpc) is 2.73. The number of nitriles is 1. The number of carboxylic acid groups (broad SMARTS) is 2. The number of rotatable bonds is 5. The van der Waals surface area contributed by atoms with Crippen LogP contribution in [0.1, 0.15) is 35.6 Å². The summed E-state index contributed by atoms with van der Waals surface area (Å²) in [7, 11) is 1.98. The molecule has 0 heterocycles. The Bertz CT molecular complexity index is 982. The summed E-state index contributed by atoms with van der Waals surface area (Å²) in [4.78, 5) is 19.1. The van der Waals surface area contributed by atoms with E-state index in [4.69, 9.17) is 26.6 Å². The lowest BCUT2D eigenvalue weighted by molar-refractivity contribution is -0.134. The van der Waals surface area contributed by atoms with E-state index >= 15 is 0 Å². The highest BCUT2D eigenvalue weighted by atomic mass is 35.5. The number of aliphatic carboxylic acids is 2. The van der Waals surface area contributed by atoms with Gasteiger partial charge in [-0.25, -0.2) is 9.59 Å². The Morgan fingerprint density at radius 3 is 2.50 bits per heavy atom. The number of carboxylic acids is 2. The molecule has 0 aromatic heterocycles.